The molecule has 0 N–H and O–H groups in total. The predicted octanol–water partition coefficient (Wildman–Crippen LogP) is 3.26. The Bertz CT molecular complexity index is 962. The van der Waals surface area contributed by atoms with E-state index in [0.717, 1.165) is 25.9 Å². The number of aromatic nitrogens is 2. The number of carbonyl (C=O) groups excluding carboxylic acids is 2. The molecule has 1 aromatic carbocycles. The van der Waals surface area contributed by atoms with Gasteiger partial charge in [-0.15, -0.1) is 5.10 Å². The number of halogens is 1. The number of carbonyl (C=O) groups is 2. The molecule has 2 aromatic rings. The summed E-state index contributed by atoms with van der Waals surface area (Å²) in [6.07, 6.45) is 2.05. The van der Waals surface area contributed by atoms with Crippen molar-refractivity contribution in [3.05, 3.63) is 38.8 Å². The summed E-state index contributed by atoms with van der Waals surface area (Å²) in [4.78, 5) is 30.4. The van der Waals surface area contributed by atoms with Gasteiger partial charge in [0.1, 0.15) is 0 Å². The minimum atomic E-state index is 0.0118. The van der Waals surface area contributed by atoms with Gasteiger partial charge in [-0.3, -0.25) is 19.4 Å². The van der Waals surface area contributed by atoms with Crippen LogP contribution in [0.1, 0.15) is 30.1 Å². The molecule has 0 bridgehead atoms. The summed E-state index contributed by atoms with van der Waals surface area (Å²) in [5.74, 6) is 0.0353. The molecule has 1 saturated carbocycles. The van der Waals surface area contributed by atoms with Crippen molar-refractivity contribution in [2.24, 2.45) is 0 Å². The zero-order valence-electron chi connectivity index (χ0n) is 16.1. The summed E-state index contributed by atoms with van der Waals surface area (Å²) < 4.78 is 2.44. The molecule has 4 rings (SSSR count). The second-order valence-electron chi connectivity index (χ2n) is 7.33. The summed E-state index contributed by atoms with van der Waals surface area (Å²) in [5, 5.41) is 5.90. The summed E-state index contributed by atoms with van der Waals surface area (Å²) in [6, 6.07) is 7.25. The van der Waals surface area contributed by atoms with Crippen molar-refractivity contribution in [2.45, 2.75) is 32.5 Å². The van der Waals surface area contributed by atoms with Gasteiger partial charge < -0.3 is 4.90 Å². The van der Waals surface area contributed by atoms with Crippen LogP contribution >= 0.6 is 35.2 Å². The van der Waals surface area contributed by atoms with E-state index >= 15 is 0 Å². The molecule has 154 valence electrons. The molecule has 1 aliphatic carbocycles. The van der Waals surface area contributed by atoms with E-state index in [1.54, 1.807) is 40.8 Å². The highest BCUT2D eigenvalue weighted by molar-refractivity contribution is 7.73. The maximum atomic E-state index is 12.6. The minimum absolute atomic E-state index is 0.0118. The third kappa shape index (κ3) is 4.69. The van der Waals surface area contributed by atoms with Crippen LogP contribution in [0.15, 0.2) is 24.3 Å². The molecule has 29 heavy (non-hydrogen) atoms. The fourth-order valence-electron chi connectivity index (χ4n) is 3.42. The van der Waals surface area contributed by atoms with E-state index in [9.17, 15) is 9.59 Å². The van der Waals surface area contributed by atoms with Gasteiger partial charge in [0.05, 0.1) is 6.67 Å². The number of rotatable bonds is 5. The van der Waals surface area contributed by atoms with Crippen molar-refractivity contribution in [1.29, 1.82) is 0 Å². The Balaban J connectivity index is 1.36. The van der Waals surface area contributed by atoms with Gasteiger partial charge in [0, 0.05) is 49.7 Å². The quantitative estimate of drug-likeness (QED) is 0.653. The van der Waals surface area contributed by atoms with Gasteiger partial charge in [-0.2, -0.15) is 0 Å². The van der Waals surface area contributed by atoms with Crippen molar-refractivity contribution < 1.29 is 9.59 Å². The Labute approximate surface area is 183 Å². The summed E-state index contributed by atoms with van der Waals surface area (Å²) in [6.45, 7) is 4.92. The van der Waals surface area contributed by atoms with Crippen molar-refractivity contribution in [3.8, 4) is 0 Å². The molecule has 0 radical (unpaired) electrons. The lowest BCUT2D eigenvalue weighted by molar-refractivity contribution is -0.116. The first-order chi connectivity index (χ1) is 13.9. The topological polar surface area (TPSA) is 61.7 Å². The van der Waals surface area contributed by atoms with Crippen LogP contribution in [0, 0.1) is 3.95 Å². The average molecular weight is 452 g/mol. The first-order valence-corrected chi connectivity index (χ1v) is 11.2. The summed E-state index contributed by atoms with van der Waals surface area (Å²) in [7, 11) is 0. The van der Waals surface area contributed by atoms with Crippen molar-refractivity contribution in [3.63, 3.8) is 0 Å². The lowest BCUT2D eigenvalue weighted by Crippen LogP contribution is -2.49. The largest absolute Gasteiger partial charge is 0.336 e. The predicted molar refractivity (Wildman–Crippen MR) is 116 cm³/mol. The molecule has 0 atom stereocenters. The number of anilines is 1. The Morgan fingerprint density at radius 3 is 2.45 bits per heavy atom. The Morgan fingerprint density at radius 1 is 1.21 bits per heavy atom. The van der Waals surface area contributed by atoms with Crippen LogP contribution in [-0.4, -0.2) is 63.6 Å². The number of piperazine rings is 1. The normalized spacial score (nSPS) is 17.4. The van der Waals surface area contributed by atoms with Gasteiger partial charge in [-0.1, -0.05) is 22.9 Å². The van der Waals surface area contributed by atoms with E-state index in [0.29, 0.717) is 39.4 Å². The van der Waals surface area contributed by atoms with Gasteiger partial charge in [0.2, 0.25) is 11.0 Å². The molecule has 1 saturated heterocycles. The zero-order valence-corrected chi connectivity index (χ0v) is 18.5. The van der Waals surface area contributed by atoms with Crippen LogP contribution in [0.4, 0.5) is 5.13 Å². The fourth-order valence-corrected chi connectivity index (χ4v) is 4.74. The first-order valence-electron chi connectivity index (χ1n) is 9.57. The summed E-state index contributed by atoms with van der Waals surface area (Å²) in [5.41, 5.74) is 0.651. The molecule has 0 unspecified atom stereocenters. The van der Waals surface area contributed by atoms with E-state index in [4.69, 9.17) is 23.8 Å². The number of hydrogen-bond donors (Lipinski definition) is 0. The van der Waals surface area contributed by atoms with Gasteiger partial charge in [0.25, 0.3) is 5.91 Å². The van der Waals surface area contributed by atoms with Crippen molar-refractivity contribution >= 4 is 52.1 Å². The monoisotopic (exact) mass is 451 g/mol. The maximum absolute atomic E-state index is 12.6. The molecule has 2 fully saturated rings. The minimum Gasteiger partial charge on any atom is -0.336 e. The zero-order chi connectivity index (χ0) is 20.5. The van der Waals surface area contributed by atoms with Crippen molar-refractivity contribution in [1.82, 2.24) is 19.6 Å². The van der Waals surface area contributed by atoms with Gasteiger partial charge in [-0.05, 0) is 49.3 Å². The number of nitrogens with zero attached hydrogens (tertiary/aromatic N) is 5. The molecular formula is C19H22ClN5O2S2. The lowest BCUT2D eigenvalue weighted by Gasteiger charge is -2.34. The maximum Gasteiger partial charge on any atom is 0.253 e. The lowest BCUT2D eigenvalue weighted by atomic mass is 10.2. The fraction of sp³-hybridized carbons (Fsp3) is 0.474. The Hall–Kier alpha value is -1.81. The Kier molecular flexibility index (Phi) is 6.00. The highest BCUT2D eigenvalue weighted by atomic mass is 35.5. The third-order valence-corrected chi connectivity index (χ3v) is 6.70. The van der Waals surface area contributed by atoms with Crippen LogP contribution < -0.4 is 4.90 Å². The SMILES string of the molecule is CC(=O)N(c1nn(CN2CCN(C(=O)c3ccc(Cl)cc3)CC2)c(=S)s1)C1CC1. The highest BCUT2D eigenvalue weighted by Gasteiger charge is 2.34. The molecule has 7 nitrogen and oxygen atoms in total. The molecular weight excluding hydrogens is 430 g/mol. The van der Waals surface area contributed by atoms with Crippen LogP contribution in [-0.2, 0) is 11.5 Å². The molecule has 2 aliphatic rings. The van der Waals surface area contributed by atoms with E-state index in [1.807, 2.05) is 4.90 Å². The summed E-state index contributed by atoms with van der Waals surface area (Å²) >= 11 is 12.8. The van der Waals surface area contributed by atoms with Crippen LogP contribution in [0.2, 0.25) is 5.02 Å². The van der Waals surface area contributed by atoms with E-state index in [2.05, 4.69) is 10.00 Å². The van der Waals surface area contributed by atoms with Gasteiger partial charge in [0.15, 0.2) is 3.95 Å². The smallest absolute Gasteiger partial charge is 0.253 e. The van der Waals surface area contributed by atoms with Gasteiger partial charge >= 0.3 is 0 Å². The van der Waals surface area contributed by atoms with Gasteiger partial charge in [-0.25, -0.2) is 4.68 Å². The number of hydrogen-bond acceptors (Lipinski definition) is 6. The molecule has 10 heteroatoms. The number of benzene rings is 1. The van der Waals surface area contributed by atoms with E-state index < -0.39 is 0 Å². The van der Waals surface area contributed by atoms with E-state index in [1.165, 1.54) is 11.3 Å². The molecule has 0 spiro atoms. The molecule has 2 amide bonds. The van der Waals surface area contributed by atoms with Crippen molar-refractivity contribution in [2.75, 3.05) is 31.1 Å². The molecule has 1 aromatic heterocycles. The first kappa shape index (κ1) is 20.5. The second-order valence-corrected chi connectivity index (χ2v) is 9.37. The van der Waals surface area contributed by atoms with Crippen LogP contribution in [0.5, 0.6) is 0 Å². The highest BCUT2D eigenvalue weighted by Crippen LogP contribution is 2.33. The molecule has 2 heterocycles. The number of amides is 2. The van der Waals surface area contributed by atoms with Crippen LogP contribution in [0.3, 0.4) is 0 Å². The second kappa shape index (κ2) is 8.51. The Morgan fingerprint density at radius 2 is 1.86 bits per heavy atom. The van der Waals surface area contributed by atoms with E-state index in [-0.39, 0.29) is 17.9 Å². The van der Waals surface area contributed by atoms with Crippen LogP contribution in [0.25, 0.3) is 0 Å². The average Bonchev–Trinajstić information content (AvgIpc) is 3.46. The standard InChI is InChI=1S/C19H22ClN5O2S2/c1-13(26)25(16-6-7-16)18-21-24(19(28)29-18)12-22-8-10-23(11-9-22)17(27)14-2-4-15(20)5-3-14/h2-5,16H,6-12H2,1H3. The third-order valence-electron chi connectivity index (χ3n) is 5.14. The molecule has 1 aliphatic heterocycles.